The minimum atomic E-state index is -0.336. The average molecular weight is 317 g/mol. The van der Waals surface area contributed by atoms with Gasteiger partial charge in [0, 0.05) is 14.7 Å². The van der Waals surface area contributed by atoms with Crippen molar-refractivity contribution in [3.8, 4) is 0 Å². The van der Waals surface area contributed by atoms with Gasteiger partial charge in [-0.1, -0.05) is 6.92 Å². The van der Waals surface area contributed by atoms with E-state index in [1.807, 2.05) is 18.4 Å². The number of amides is 2. The van der Waals surface area contributed by atoms with E-state index < -0.39 is 0 Å². The number of carbonyl (C=O) groups is 2. The highest BCUT2D eigenvalue weighted by molar-refractivity contribution is 9.10. The first-order valence-corrected chi connectivity index (χ1v) is 7.09. The normalized spacial score (nSPS) is 20.6. The van der Waals surface area contributed by atoms with Gasteiger partial charge < -0.3 is 10.2 Å². The molecule has 0 radical (unpaired) electrons. The molecule has 4 nitrogen and oxygen atoms in total. The van der Waals surface area contributed by atoms with Gasteiger partial charge in [0.05, 0.1) is 13.1 Å². The third-order valence-corrected chi connectivity index (χ3v) is 4.43. The molecule has 1 unspecified atom stereocenters. The molecule has 1 saturated heterocycles. The molecular weight excluding hydrogens is 304 g/mol. The zero-order chi connectivity index (χ0) is 12.4. The van der Waals surface area contributed by atoms with Gasteiger partial charge in [-0.15, -0.1) is 11.3 Å². The Balaban J connectivity index is 2.15. The second kappa shape index (κ2) is 5.18. The van der Waals surface area contributed by atoms with E-state index in [0.29, 0.717) is 13.0 Å². The molecule has 6 heteroatoms. The van der Waals surface area contributed by atoms with Crippen LogP contribution >= 0.6 is 27.3 Å². The van der Waals surface area contributed by atoms with Crippen molar-refractivity contribution in [3.05, 3.63) is 20.8 Å². The number of thiophene rings is 1. The quantitative estimate of drug-likeness (QED) is 0.923. The first-order valence-electron chi connectivity index (χ1n) is 5.42. The molecule has 0 bridgehead atoms. The number of nitrogens with one attached hydrogen (secondary N) is 1. The lowest BCUT2D eigenvalue weighted by Gasteiger charge is -2.34. The molecule has 0 spiro atoms. The van der Waals surface area contributed by atoms with Gasteiger partial charge in [-0.25, -0.2) is 0 Å². The summed E-state index contributed by atoms with van der Waals surface area (Å²) in [6, 6.07) is 1.65. The first-order chi connectivity index (χ1) is 8.11. The topological polar surface area (TPSA) is 49.4 Å². The molecule has 0 aliphatic carbocycles. The van der Waals surface area contributed by atoms with Crippen LogP contribution in [0.3, 0.4) is 0 Å². The van der Waals surface area contributed by atoms with Gasteiger partial charge in [0.25, 0.3) is 0 Å². The second-order valence-corrected chi connectivity index (χ2v) is 5.81. The smallest absolute Gasteiger partial charge is 0.243 e. The van der Waals surface area contributed by atoms with Crippen molar-refractivity contribution in [3.63, 3.8) is 0 Å². The molecule has 2 rings (SSSR count). The van der Waals surface area contributed by atoms with E-state index in [4.69, 9.17) is 0 Å². The van der Waals surface area contributed by atoms with Crippen LogP contribution in [-0.2, 0) is 16.1 Å². The molecule has 1 aliphatic heterocycles. The fraction of sp³-hybridized carbons (Fsp3) is 0.455. The van der Waals surface area contributed by atoms with Crippen LogP contribution in [0.5, 0.6) is 0 Å². The van der Waals surface area contributed by atoms with Crippen LogP contribution in [0.2, 0.25) is 0 Å². The first kappa shape index (κ1) is 12.6. The molecule has 1 atom stereocenters. The average Bonchev–Trinajstić information content (AvgIpc) is 2.70. The van der Waals surface area contributed by atoms with Crippen LogP contribution in [0.4, 0.5) is 0 Å². The SMILES string of the molecule is CCC1C(=O)NCC(=O)N1Cc1cc(Br)cs1. The lowest BCUT2D eigenvalue weighted by atomic mass is 10.1. The van der Waals surface area contributed by atoms with Crippen LogP contribution in [-0.4, -0.2) is 29.3 Å². The lowest BCUT2D eigenvalue weighted by Crippen LogP contribution is -2.57. The van der Waals surface area contributed by atoms with Crippen molar-refractivity contribution in [2.45, 2.75) is 25.9 Å². The van der Waals surface area contributed by atoms with Crippen molar-refractivity contribution in [2.24, 2.45) is 0 Å². The summed E-state index contributed by atoms with van der Waals surface area (Å²) in [6.07, 6.45) is 0.643. The maximum Gasteiger partial charge on any atom is 0.243 e. The van der Waals surface area contributed by atoms with E-state index in [-0.39, 0.29) is 24.4 Å². The minimum Gasteiger partial charge on any atom is -0.345 e. The molecule has 2 amide bonds. The van der Waals surface area contributed by atoms with Gasteiger partial charge in [-0.2, -0.15) is 0 Å². The monoisotopic (exact) mass is 316 g/mol. The molecule has 0 saturated carbocycles. The van der Waals surface area contributed by atoms with Gasteiger partial charge in [-0.3, -0.25) is 9.59 Å². The molecule has 0 aromatic carbocycles. The van der Waals surface area contributed by atoms with Crippen molar-refractivity contribution in [1.29, 1.82) is 0 Å². The second-order valence-electron chi connectivity index (χ2n) is 3.89. The zero-order valence-corrected chi connectivity index (χ0v) is 11.8. The highest BCUT2D eigenvalue weighted by atomic mass is 79.9. The Hall–Kier alpha value is -0.880. The number of rotatable bonds is 3. The number of carbonyl (C=O) groups excluding carboxylic acids is 2. The Morgan fingerprint density at radius 1 is 1.59 bits per heavy atom. The van der Waals surface area contributed by atoms with E-state index in [1.165, 1.54) is 0 Å². The van der Waals surface area contributed by atoms with Crippen molar-refractivity contribution in [1.82, 2.24) is 10.2 Å². The minimum absolute atomic E-state index is 0.0130. The van der Waals surface area contributed by atoms with Crippen LogP contribution in [0.1, 0.15) is 18.2 Å². The summed E-state index contributed by atoms with van der Waals surface area (Å²) in [6.45, 7) is 2.54. The van der Waals surface area contributed by atoms with E-state index in [9.17, 15) is 9.59 Å². The molecule has 1 fully saturated rings. The van der Waals surface area contributed by atoms with E-state index in [1.54, 1.807) is 16.2 Å². The van der Waals surface area contributed by atoms with E-state index in [0.717, 1.165) is 9.35 Å². The van der Waals surface area contributed by atoms with E-state index in [2.05, 4.69) is 21.2 Å². The predicted molar refractivity (Wildman–Crippen MR) is 69.7 cm³/mol. The molecule has 92 valence electrons. The van der Waals surface area contributed by atoms with Gasteiger partial charge in [0.15, 0.2) is 0 Å². The highest BCUT2D eigenvalue weighted by Crippen LogP contribution is 2.23. The standard InChI is InChI=1S/C11H13BrN2O2S/c1-2-9-11(16)13-4-10(15)14(9)5-8-3-7(12)6-17-8/h3,6,9H,2,4-5H2,1H3,(H,13,16). The zero-order valence-electron chi connectivity index (χ0n) is 9.40. The van der Waals surface area contributed by atoms with E-state index >= 15 is 0 Å². The van der Waals surface area contributed by atoms with Gasteiger partial charge in [0.2, 0.25) is 11.8 Å². The summed E-state index contributed by atoms with van der Waals surface area (Å²) in [5, 5.41) is 4.59. The summed E-state index contributed by atoms with van der Waals surface area (Å²) in [5.74, 6) is -0.0660. The number of piperazine rings is 1. The molecule has 1 aliphatic rings. The fourth-order valence-electron chi connectivity index (χ4n) is 1.91. The van der Waals surface area contributed by atoms with Crippen LogP contribution in [0.25, 0.3) is 0 Å². The van der Waals surface area contributed by atoms with Gasteiger partial charge in [0.1, 0.15) is 6.04 Å². The summed E-state index contributed by atoms with van der Waals surface area (Å²) >= 11 is 4.97. The third-order valence-electron chi connectivity index (χ3n) is 2.75. The molecule has 1 aromatic heterocycles. The summed E-state index contributed by atoms with van der Waals surface area (Å²) in [5.41, 5.74) is 0. The Morgan fingerprint density at radius 3 is 2.94 bits per heavy atom. The van der Waals surface area contributed by atoms with Gasteiger partial charge >= 0.3 is 0 Å². The third kappa shape index (κ3) is 2.69. The van der Waals surface area contributed by atoms with Gasteiger partial charge in [-0.05, 0) is 28.4 Å². The largest absolute Gasteiger partial charge is 0.345 e. The van der Waals surface area contributed by atoms with Crippen molar-refractivity contribution < 1.29 is 9.59 Å². The molecule has 2 heterocycles. The number of halogens is 1. The Morgan fingerprint density at radius 2 is 2.35 bits per heavy atom. The Bertz CT molecular complexity index is 446. The summed E-state index contributed by atoms with van der Waals surface area (Å²) in [7, 11) is 0. The summed E-state index contributed by atoms with van der Waals surface area (Å²) < 4.78 is 1.01. The van der Waals surface area contributed by atoms with Crippen molar-refractivity contribution >= 4 is 39.1 Å². The highest BCUT2D eigenvalue weighted by Gasteiger charge is 2.33. The Kier molecular flexibility index (Phi) is 3.83. The number of hydrogen-bond donors (Lipinski definition) is 1. The van der Waals surface area contributed by atoms with Crippen LogP contribution in [0, 0.1) is 0 Å². The van der Waals surface area contributed by atoms with Crippen LogP contribution in [0.15, 0.2) is 15.9 Å². The molecular formula is C11H13BrN2O2S. The maximum atomic E-state index is 11.8. The Labute approximate surface area is 112 Å². The molecule has 1 aromatic rings. The summed E-state index contributed by atoms with van der Waals surface area (Å²) in [4.78, 5) is 26.2. The van der Waals surface area contributed by atoms with Crippen molar-refractivity contribution in [2.75, 3.05) is 6.54 Å². The fourth-order valence-corrected chi connectivity index (χ4v) is 3.36. The predicted octanol–water partition coefficient (Wildman–Crippen LogP) is 1.75. The molecule has 1 N–H and O–H groups in total. The van der Waals surface area contributed by atoms with Crippen LogP contribution < -0.4 is 5.32 Å². The number of hydrogen-bond acceptors (Lipinski definition) is 3. The molecule has 17 heavy (non-hydrogen) atoms. The number of nitrogens with zero attached hydrogens (tertiary/aromatic N) is 1. The lowest BCUT2D eigenvalue weighted by molar-refractivity contribution is -0.146. The maximum absolute atomic E-state index is 11.8.